The largest absolute Gasteiger partial charge is 0.320 e. The monoisotopic (exact) mass is 288 g/mol. The minimum absolute atomic E-state index is 0.0404. The molecular formula is C12H14F2N2O2S. The van der Waals surface area contributed by atoms with Crippen LogP contribution in [0.1, 0.15) is 12.5 Å². The highest BCUT2D eigenvalue weighted by Crippen LogP contribution is 2.23. The predicted molar refractivity (Wildman–Crippen MR) is 67.8 cm³/mol. The first-order valence-corrected chi connectivity index (χ1v) is 6.93. The summed E-state index contributed by atoms with van der Waals surface area (Å²) in [6, 6.07) is 1.39. The van der Waals surface area contributed by atoms with Crippen molar-refractivity contribution in [1.82, 2.24) is 4.31 Å². The molecule has 0 aliphatic rings. The van der Waals surface area contributed by atoms with Crippen molar-refractivity contribution in [3.05, 3.63) is 29.3 Å². The summed E-state index contributed by atoms with van der Waals surface area (Å²) in [7, 11) is -2.75. The highest BCUT2D eigenvalue weighted by Gasteiger charge is 2.27. The second-order valence-corrected chi connectivity index (χ2v) is 5.67. The topological polar surface area (TPSA) is 63.4 Å². The zero-order chi connectivity index (χ0) is 14.6. The first-order chi connectivity index (χ1) is 8.84. The van der Waals surface area contributed by atoms with Crippen molar-refractivity contribution in [2.24, 2.45) is 5.73 Å². The quantitative estimate of drug-likeness (QED) is 0.841. The summed E-state index contributed by atoms with van der Waals surface area (Å²) in [5.74, 6) is 2.71. The van der Waals surface area contributed by atoms with Crippen LogP contribution in [0.15, 0.2) is 17.0 Å². The van der Waals surface area contributed by atoms with Gasteiger partial charge in [0.05, 0.1) is 12.1 Å². The van der Waals surface area contributed by atoms with E-state index < -0.39 is 26.6 Å². The number of nitrogens with two attached hydrogens (primary N) is 1. The van der Waals surface area contributed by atoms with Gasteiger partial charge in [-0.25, -0.2) is 21.5 Å². The van der Waals surface area contributed by atoms with Gasteiger partial charge in [0.1, 0.15) is 16.5 Å². The number of nitrogens with zero attached hydrogens (tertiary/aromatic N) is 1. The van der Waals surface area contributed by atoms with Gasteiger partial charge in [-0.15, -0.1) is 0 Å². The molecule has 1 aromatic rings. The van der Waals surface area contributed by atoms with Crippen LogP contribution >= 0.6 is 0 Å². The number of hydrogen-bond acceptors (Lipinski definition) is 3. The molecule has 0 aliphatic carbocycles. The van der Waals surface area contributed by atoms with Gasteiger partial charge in [0.2, 0.25) is 10.0 Å². The Morgan fingerprint density at radius 2 is 2.00 bits per heavy atom. The Hall–Kier alpha value is -1.49. The van der Waals surface area contributed by atoms with Crippen molar-refractivity contribution in [3.63, 3.8) is 0 Å². The second-order valence-electron chi connectivity index (χ2n) is 3.69. The van der Waals surface area contributed by atoms with Crippen molar-refractivity contribution in [3.8, 4) is 11.8 Å². The van der Waals surface area contributed by atoms with Crippen LogP contribution in [-0.4, -0.2) is 32.9 Å². The molecule has 0 amide bonds. The van der Waals surface area contributed by atoms with Gasteiger partial charge in [-0.05, 0) is 6.07 Å². The maximum Gasteiger partial charge on any atom is 0.246 e. The molecule has 0 bridgehead atoms. The Bertz CT molecular complexity index is 633. The molecule has 0 radical (unpaired) electrons. The highest BCUT2D eigenvalue weighted by molar-refractivity contribution is 7.89. The molecule has 0 heterocycles. The molecule has 0 saturated heterocycles. The van der Waals surface area contributed by atoms with Crippen LogP contribution in [0.2, 0.25) is 0 Å². The molecule has 0 aromatic heterocycles. The van der Waals surface area contributed by atoms with Gasteiger partial charge in [-0.3, -0.25) is 0 Å². The van der Waals surface area contributed by atoms with Crippen LogP contribution in [0.4, 0.5) is 8.78 Å². The van der Waals surface area contributed by atoms with Gasteiger partial charge in [0.15, 0.2) is 0 Å². The van der Waals surface area contributed by atoms with E-state index >= 15 is 0 Å². The zero-order valence-electron chi connectivity index (χ0n) is 10.6. The summed E-state index contributed by atoms with van der Waals surface area (Å²) in [6.45, 7) is 1.72. The average Bonchev–Trinajstić information content (AvgIpc) is 2.33. The van der Waals surface area contributed by atoms with E-state index in [2.05, 4.69) is 11.8 Å². The van der Waals surface area contributed by atoms with E-state index in [1.165, 1.54) is 7.05 Å². The van der Waals surface area contributed by atoms with E-state index in [4.69, 9.17) is 5.73 Å². The molecule has 0 aliphatic heterocycles. The van der Waals surface area contributed by atoms with Crippen LogP contribution in [0, 0.1) is 23.5 Å². The van der Waals surface area contributed by atoms with Crippen molar-refractivity contribution >= 4 is 10.0 Å². The molecule has 104 valence electrons. The van der Waals surface area contributed by atoms with Crippen LogP contribution in [0.3, 0.4) is 0 Å². The van der Waals surface area contributed by atoms with E-state index in [1.807, 2.05) is 0 Å². The number of hydrogen-bond donors (Lipinski definition) is 1. The molecule has 4 nitrogen and oxygen atoms in total. The lowest BCUT2D eigenvalue weighted by Gasteiger charge is -2.16. The van der Waals surface area contributed by atoms with E-state index in [0.717, 1.165) is 10.4 Å². The first kappa shape index (κ1) is 15.6. The van der Waals surface area contributed by atoms with Crippen molar-refractivity contribution in [1.29, 1.82) is 0 Å². The number of halogens is 2. The van der Waals surface area contributed by atoms with Gasteiger partial charge < -0.3 is 5.73 Å². The van der Waals surface area contributed by atoms with Crippen molar-refractivity contribution < 1.29 is 17.2 Å². The third-order valence-corrected chi connectivity index (χ3v) is 4.46. The minimum Gasteiger partial charge on any atom is -0.320 e. The maximum absolute atomic E-state index is 13.8. The number of sulfonamides is 1. The smallest absolute Gasteiger partial charge is 0.246 e. The molecule has 2 N–H and O–H groups in total. The fourth-order valence-corrected chi connectivity index (χ4v) is 2.73. The van der Waals surface area contributed by atoms with Crippen LogP contribution in [0.5, 0.6) is 0 Å². The summed E-state index contributed by atoms with van der Waals surface area (Å²) in [5.41, 5.74) is 4.94. The summed E-state index contributed by atoms with van der Waals surface area (Å²) in [6.07, 6.45) is 0. The lowest BCUT2D eigenvalue weighted by Crippen LogP contribution is -2.28. The normalized spacial score (nSPS) is 11.3. The van der Waals surface area contributed by atoms with Crippen LogP contribution in [0.25, 0.3) is 0 Å². The third kappa shape index (κ3) is 3.29. The standard InChI is InChI=1S/C12H14F2N2O2S/c1-3-16(2)19(17,18)12-9(5-4-6-15)7-10(13)8-11(12)14/h7-8H,3,6,15H2,1-2H3. The molecule has 1 aromatic carbocycles. The lowest BCUT2D eigenvalue weighted by atomic mass is 10.2. The summed E-state index contributed by atoms with van der Waals surface area (Å²) >= 11 is 0. The SMILES string of the molecule is CCN(C)S(=O)(=O)c1c(F)cc(F)cc1C#CCN. The van der Waals surface area contributed by atoms with Gasteiger partial charge in [-0.2, -0.15) is 0 Å². The second kappa shape index (κ2) is 6.10. The summed E-state index contributed by atoms with van der Waals surface area (Å²) < 4.78 is 52.2. The molecular weight excluding hydrogens is 274 g/mol. The van der Waals surface area contributed by atoms with Crippen LogP contribution in [-0.2, 0) is 10.0 Å². The molecule has 19 heavy (non-hydrogen) atoms. The van der Waals surface area contributed by atoms with E-state index in [-0.39, 0.29) is 18.7 Å². The number of rotatable bonds is 3. The van der Waals surface area contributed by atoms with E-state index in [1.54, 1.807) is 6.92 Å². The fourth-order valence-electron chi connectivity index (χ4n) is 1.39. The Kier molecular flexibility index (Phi) is 5.00. The fraction of sp³-hybridized carbons (Fsp3) is 0.333. The van der Waals surface area contributed by atoms with Gasteiger partial charge in [0.25, 0.3) is 0 Å². The van der Waals surface area contributed by atoms with Gasteiger partial charge in [-0.1, -0.05) is 18.8 Å². The average molecular weight is 288 g/mol. The van der Waals surface area contributed by atoms with Gasteiger partial charge in [0, 0.05) is 19.7 Å². The molecule has 0 saturated carbocycles. The van der Waals surface area contributed by atoms with Crippen LogP contribution < -0.4 is 5.73 Å². The van der Waals surface area contributed by atoms with E-state index in [9.17, 15) is 17.2 Å². The molecule has 1 rings (SSSR count). The number of benzene rings is 1. The molecule has 0 fully saturated rings. The third-order valence-electron chi connectivity index (χ3n) is 2.45. The molecule has 7 heteroatoms. The Morgan fingerprint density at radius 1 is 1.37 bits per heavy atom. The summed E-state index contributed by atoms with van der Waals surface area (Å²) in [5, 5.41) is 0. The Labute approximate surface area is 111 Å². The zero-order valence-corrected chi connectivity index (χ0v) is 11.4. The molecule has 0 unspecified atom stereocenters. The van der Waals surface area contributed by atoms with Gasteiger partial charge >= 0.3 is 0 Å². The minimum atomic E-state index is -4.05. The van der Waals surface area contributed by atoms with Crippen molar-refractivity contribution in [2.75, 3.05) is 20.1 Å². The summed E-state index contributed by atoms with van der Waals surface area (Å²) in [4.78, 5) is -0.626. The maximum atomic E-state index is 13.8. The Morgan fingerprint density at radius 3 is 2.53 bits per heavy atom. The predicted octanol–water partition coefficient (Wildman–Crippen LogP) is 0.915. The first-order valence-electron chi connectivity index (χ1n) is 5.49. The highest BCUT2D eigenvalue weighted by atomic mass is 32.2. The van der Waals surface area contributed by atoms with Crippen molar-refractivity contribution in [2.45, 2.75) is 11.8 Å². The molecule has 0 spiro atoms. The lowest BCUT2D eigenvalue weighted by molar-refractivity contribution is 0.475. The Balaban J connectivity index is 3.58. The molecule has 0 atom stereocenters. The van der Waals surface area contributed by atoms with E-state index in [0.29, 0.717) is 6.07 Å².